The van der Waals surface area contributed by atoms with Crippen molar-refractivity contribution in [2.45, 2.75) is 58.1 Å². The summed E-state index contributed by atoms with van der Waals surface area (Å²) in [5.74, 6) is -1.77. The Kier molecular flexibility index (Phi) is 8.51. The molecule has 2 aromatic carbocycles. The largest absolute Gasteiger partial charge is 0.481 e. The van der Waals surface area contributed by atoms with Gasteiger partial charge in [0.2, 0.25) is 5.91 Å². The highest BCUT2D eigenvalue weighted by atomic mass is 16.5. The van der Waals surface area contributed by atoms with Gasteiger partial charge in [-0.3, -0.25) is 9.59 Å². The molecule has 1 aliphatic carbocycles. The molecule has 0 heterocycles. The molecule has 3 rings (SSSR count). The lowest BCUT2D eigenvalue weighted by Crippen LogP contribution is -2.49. The fourth-order valence-corrected chi connectivity index (χ4v) is 4.44. The average Bonchev–Trinajstić information content (AvgIpc) is 3.11. The van der Waals surface area contributed by atoms with Gasteiger partial charge in [-0.05, 0) is 40.5 Å². The Bertz CT molecular complexity index is 1020. The number of benzene rings is 2. The van der Waals surface area contributed by atoms with Crippen LogP contribution in [-0.2, 0) is 14.3 Å². The van der Waals surface area contributed by atoms with Crippen LogP contribution in [-0.4, -0.2) is 53.5 Å². The van der Waals surface area contributed by atoms with Crippen molar-refractivity contribution in [2.75, 3.05) is 13.2 Å². The predicted molar refractivity (Wildman–Crippen MR) is 132 cm³/mol. The highest BCUT2D eigenvalue weighted by Crippen LogP contribution is 2.44. The third kappa shape index (κ3) is 7.29. The van der Waals surface area contributed by atoms with Crippen LogP contribution < -0.4 is 10.6 Å². The molecule has 2 unspecified atom stereocenters. The molecule has 0 fully saturated rings. The van der Waals surface area contributed by atoms with E-state index in [9.17, 15) is 19.5 Å². The lowest BCUT2D eigenvalue weighted by molar-refractivity contribution is -0.137. The van der Waals surface area contributed by atoms with Crippen LogP contribution >= 0.6 is 0 Å². The molecule has 8 nitrogen and oxygen atoms in total. The maximum Gasteiger partial charge on any atom is 0.407 e. The number of ether oxygens (including phenoxy) is 1. The monoisotopic (exact) mass is 482 g/mol. The van der Waals surface area contributed by atoms with Gasteiger partial charge in [0.1, 0.15) is 12.6 Å². The van der Waals surface area contributed by atoms with Gasteiger partial charge in [-0.15, -0.1) is 0 Å². The van der Waals surface area contributed by atoms with E-state index in [0.717, 1.165) is 22.3 Å². The van der Waals surface area contributed by atoms with Crippen molar-refractivity contribution in [3.05, 3.63) is 59.7 Å². The molecule has 0 bridgehead atoms. The summed E-state index contributed by atoms with van der Waals surface area (Å²) in [4.78, 5) is 36.3. The van der Waals surface area contributed by atoms with Gasteiger partial charge in [0, 0.05) is 18.9 Å². The molecule has 2 atom stereocenters. The van der Waals surface area contributed by atoms with Crippen molar-refractivity contribution >= 4 is 18.0 Å². The van der Waals surface area contributed by atoms with Gasteiger partial charge >= 0.3 is 12.1 Å². The summed E-state index contributed by atoms with van der Waals surface area (Å²) in [7, 11) is 0. The first-order chi connectivity index (χ1) is 16.5. The summed E-state index contributed by atoms with van der Waals surface area (Å²) in [6, 6.07) is 14.8. The third-order valence-electron chi connectivity index (χ3n) is 5.96. The topological polar surface area (TPSA) is 125 Å². The fraction of sp³-hybridized carbons (Fsp3) is 0.444. The van der Waals surface area contributed by atoms with Gasteiger partial charge in [-0.1, -0.05) is 69.3 Å². The second kappa shape index (κ2) is 11.4. The number of rotatable bonds is 10. The van der Waals surface area contributed by atoms with Crippen LogP contribution in [0, 0.1) is 5.41 Å². The van der Waals surface area contributed by atoms with E-state index >= 15 is 0 Å². The number of aliphatic hydroxyl groups excluding tert-OH is 1. The standard InChI is InChI=1S/C27H34N2O6/c1-27(2,3)14-17(30)15-28-25(33)23(12-13-24(31)32)29-26(34)35-16-22-20-10-6-4-8-18(20)19-9-5-7-11-21(19)22/h4-11,17,22-23,30H,12-16H2,1-3H3,(H,28,33)(H,29,34)(H,31,32). The summed E-state index contributed by atoms with van der Waals surface area (Å²) in [5.41, 5.74) is 4.21. The van der Waals surface area contributed by atoms with Crippen molar-refractivity contribution in [2.24, 2.45) is 5.41 Å². The molecule has 4 N–H and O–H groups in total. The van der Waals surface area contributed by atoms with E-state index in [1.54, 1.807) is 0 Å². The molecule has 0 spiro atoms. The predicted octanol–water partition coefficient (Wildman–Crippen LogP) is 3.67. The number of carboxylic acid groups (broad SMARTS) is 1. The Balaban J connectivity index is 1.60. The molecule has 1 aliphatic rings. The van der Waals surface area contributed by atoms with Gasteiger partial charge in [0.05, 0.1) is 6.10 Å². The molecule has 0 aromatic heterocycles. The Morgan fingerprint density at radius 3 is 2.11 bits per heavy atom. The zero-order chi connectivity index (χ0) is 25.6. The first-order valence-electron chi connectivity index (χ1n) is 11.8. The normalized spacial score (nSPS) is 14.4. The molecule has 0 saturated carbocycles. The van der Waals surface area contributed by atoms with Crippen LogP contribution in [0.4, 0.5) is 4.79 Å². The highest BCUT2D eigenvalue weighted by molar-refractivity contribution is 5.86. The smallest absolute Gasteiger partial charge is 0.407 e. The molecule has 0 aliphatic heterocycles. The van der Waals surface area contributed by atoms with E-state index in [1.807, 2.05) is 69.3 Å². The minimum Gasteiger partial charge on any atom is -0.481 e. The number of hydrogen-bond acceptors (Lipinski definition) is 5. The number of aliphatic hydroxyl groups is 1. The lowest BCUT2D eigenvalue weighted by Gasteiger charge is -2.24. The number of fused-ring (bicyclic) bond motifs is 3. The number of nitrogens with one attached hydrogen (secondary N) is 2. The van der Waals surface area contributed by atoms with E-state index in [0.29, 0.717) is 6.42 Å². The molecule has 8 heteroatoms. The number of hydrogen-bond donors (Lipinski definition) is 4. The summed E-state index contributed by atoms with van der Waals surface area (Å²) in [5, 5.41) is 24.3. The minimum absolute atomic E-state index is 0.00600. The Morgan fingerprint density at radius 2 is 1.57 bits per heavy atom. The molecule has 188 valence electrons. The molecule has 2 aromatic rings. The lowest BCUT2D eigenvalue weighted by atomic mass is 9.89. The molecular formula is C27H34N2O6. The number of amides is 2. The first kappa shape index (κ1) is 26.2. The number of alkyl carbamates (subject to hydrolysis) is 1. The van der Waals surface area contributed by atoms with E-state index in [4.69, 9.17) is 9.84 Å². The van der Waals surface area contributed by atoms with Gasteiger partial charge < -0.3 is 25.6 Å². The summed E-state index contributed by atoms with van der Waals surface area (Å²) in [6.45, 7) is 6.02. The van der Waals surface area contributed by atoms with Crippen LogP contribution in [0.15, 0.2) is 48.5 Å². The Labute approximate surface area is 205 Å². The maximum atomic E-state index is 12.7. The second-order valence-corrected chi connectivity index (χ2v) is 10.1. The Hall–Kier alpha value is -3.39. The average molecular weight is 483 g/mol. The zero-order valence-corrected chi connectivity index (χ0v) is 20.4. The molecule has 2 amide bonds. The van der Waals surface area contributed by atoms with Crippen molar-refractivity contribution in [3.63, 3.8) is 0 Å². The number of carbonyl (C=O) groups is 3. The number of carboxylic acids is 1. The van der Waals surface area contributed by atoms with Crippen molar-refractivity contribution in [3.8, 4) is 11.1 Å². The maximum absolute atomic E-state index is 12.7. The van der Waals surface area contributed by atoms with E-state index in [1.165, 1.54) is 0 Å². The zero-order valence-electron chi connectivity index (χ0n) is 20.4. The van der Waals surface area contributed by atoms with Crippen molar-refractivity contribution in [1.29, 1.82) is 0 Å². The minimum atomic E-state index is -1.09. The molecular weight excluding hydrogens is 448 g/mol. The van der Waals surface area contributed by atoms with Crippen molar-refractivity contribution < 1.29 is 29.3 Å². The number of carbonyl (C=O) groups excluding carboxylic acids is 2. The van der Waals surface area contributed by atoms with Gasteiger partial charge in [0.25, 0.3) is 0 Å². The second-order valence-electron chi connectivity index (χ2n) is 10.1. The fourth-order valence-electron chi connectivity index (χ4n) is 4.44. The molecule has 0 saturated heterocycles. The molecule has 35 heavy (non-hydrogen) atoms. The van der Waals surface area contributed by atoms with Crippen molar-refractivity contribution in [1.82, 2.24) is 10.6 Å². The van der Waals surface area contributed by atoms with Crippen LogP contribution in [0.2, 0.25) is 0 Å². The van der Waals surface area contributed by atoms with Crippen LogP contribution in [0.1, 0.15) is 57.1 Å². The van der Waals surface area contributed by atoms with E-state index in [2.05, 4.69) is 10.6 Å². The summed E-state index contributed by atoms with van der Waals surface area (Å²) < 4.78 is 5.49. The van der Waals surface area contributed by atoms with Gasteiger partial charge in [-0.2, -0.15) is 0 Å². The Morgan fingerprint density at radius 1 is 1.00 bits per heavy atom. The van der Waals surface area contributed by atoms with E-state index in [-0.39, 0.29) is 37.3 Å². The van der Waals surface area contributed by atoms with E-state index < -0.39 is 30.1 Å². The van der Waals surface area contributed by atoms with Crippen LogP contribution in [0.5, 0.6) is 0 Å². The first-order valence-corrected chi connectivity index (χ1v) is 11.8. The van der Waals surface area contributed by atoms with Crippen LogP contribution in [0.3, 0.4) is 0 Å². The SMILES string of the molecule is CC(C)(C)CC(O)CNC(=O)C(CCC(=O)O)NC(=O)OCC1c2ccccc2-c2ccccc21. The van der Waals surface area contributed by atoms with Gasteiger partial charge in [-0.25, -0.2) is 4.79 Å². The van der Waals surface area contributed by atoms with Crippen LogP contribution in [0.25, 0.3) is 11.1 Å². The number of aliphatic carboxylic acids is 1. The third-order valence-corrected chi connectivity index (χ3v) is 5.96. The quantitative estimate of drug-likeness (QED) is 0.410. The summed E-state index contributed by atoms with van der Waals surface area (Å²) in [6.07, 6.45) is -1.47. The molecule has 0 radical (unpaired) electrons. The highest BCUT2D eigenvalue weighted by Gasteiger charge is 2.30. The summed E-state index contributed by atoms with van der Waals surface area (Å²) >= 11 is 0. The van der Waals surface area contributed by atoms with Gasteiger partial charge in [0.15, 0.2) is 0 Å².